The first-order chi connectivity index (χ1) is 13.4. The molecule has 0 heterocycles. The van der Waals surface area contributed by atoms with Crippen molar-refractivity contribution in [3.63, 3.8) is 0 Å². The number of sulfone groups is 1. The van der Waals surface area contributed by atoms with Crippen molar-refractivity contribution >= 4 is 9.84 Å². The summed E-state index contributed by atoms with van der Waals surface area (Å²) in [7, 11) is -3.05. The summed E-state index contributed by atoms with van der Waals surface area (Å²) in [5.41, 5.74) is 3.37. The van der Waals surface area contributed by atoms with Crippen molar-refractivity contribution < 1.29 is 13.2 Å². The van der Waals surface area contributed by atoms with Crippen molar-refractivity contribution in [1.82, 2.24) is 0 Å². The molecule has 0 bridgehead atoms. The maximum absolute atomic E-state index is 12.1. The molecule has 1 aliphatic carbocycles. The van der Waals surface area contributed by atoms with Crippen LogP contribution in [0.3, 0.4) is 0 Å². The lowest BCUT2D eigenvalue weighted by Crippen LogP contribution is -2.19. The molecule has 0 aliphatic heterocycles. The summed E-state index contributed by atoms with van der Waals surface area (Å²) in [6.07, 6.45) is 8.49. The van der Waals surface area contributed by atoms with Crippen molar-refractivity contribution in [2.75, 3.05) is 0 Å². The first-order valence-corrected chi connectivity index (χ1v) is 12.2. The van der Waals surface area contributed by atoms with Gasteiger partial charge < -0.3 is 4.74 Å². The molecule has 0 amide bonds. The second kappa shape index (κ2) is 9.60. The molecule has 4 heteroatoms. The monoisotopic (exact) mass is 400 g/mol. The summed E-state index contributed by atoms with van der Waals surface area (Å²) in [5.74, 6) is 1.10. The molecule has 152 valence electrons. The third-order valence-electron chi connectivity index (χ3n) is 5.56. The van der Waals surface area contributed by atoms with Gasteiger partial charge in [-0.25, -0.2) is 8.42 Å². The molecule has 3 nitrogen and oxygen atoms in total. The standard InChI is InChI=1S/C24H32O3S/c1-19(2)28(25,26)18-22-15-12-20(13-16-22)11-14-21-7-6-10-24(17-21)27-23-8-4-3-5-9-23/h6-7,10,12-13,15-17,19,23H,3-5,8-9,11,14,18H2,1-2H3. The van der Waals surface area contributed by atoms with Crippen LogP contribution in [-0.4, -0.2) is 19.8 Å². The van der Waals surface area contributed by atoms with E-state index in [9.17, 15) is 8.42 Å². The Bertz CT molecular complexity index is 848. The molecule has 0 saturated heterocycles. The van der Waals surface area contributed by atoms with E-state index < -0.39 is 9.84 Å². The van der Waals surface area contributed by atoms with E-state index in [2.05, 4.69) is 24.3 Å². The molecule has 0 unspecified atom stereocenters. The molecule has 28 heavy (non-hydrogen) atoms. The van der Waals surface area contributed by atoms with Gasteiger partial charge in [0, 0.05) is 0 Å². The molecule has 2 aromatic carbocycles. The molecule has 1 saturated carbocycles. The molecule has 3 rings (SSSR count). The number of ether oxygens (including phenoxy) is 1. The van der Waals surface area contributed by atoms with Crippen molar-refractivity contribution in [2.45, 2.75) is 75.9 Å². The smallest absolute Gasteiger partial charge is 0.156 e. The number of rotatable bonds is 8. The molecular formula is C24H32O3S. The van der Waals surface area contributed by atoms with Gasteiger partial charge in [0.1, 0.15) is 5.75 Å². The van der Waals surface area contributed by atoms with Crippen LogP contribution in [0.25, 0.3) is 0 Å². The molecule has 0 radical (unpaired) electrons. The van der Waals surface area contributed by atoms with Crippen molar-refractivity contribution in [2.24, 2.45) is 0 Å². The Morgan fingerprint density at radius 1 is 0.893 bits per heavy atom. The average molecular weight is 401 g/mol. The maximum atomic E-state index is 12.1. The lowest BCUT2D eigenvalue weighted by molar-refractivity contribution is 0.155. The van der Waals surface area contributed by atoms with Gasteiger partial charge in [-0.2, -0.15) is 0 Å². The fourth-order valence-electron chi connectivity index (χ4n) is 3.64. The molecule has 0 atom stereocenters. The molecule has 0 aromatic heterocycles. The van der Waals surface area contributed by atoms with E-state index in [0.717, 1.165) is 24.2 Å². The number of hydrogen-bond acceptors (Lipinski definition) is 3. The van der Waals surface area contributed by atoms with Gasteiger partial charge in [-0.3, -0.25) is 0 Å². The highest BCUT2D eigenvalue weighted by molar-refractivity contribution is 7.91. The Morgan fingerprint density at radius 2 is 1.54 bits per heavy atom. The van der Waals surface area contributed by atoms with Crippen molar-refractivity contribution in [1.29, 1.82) is 0 Å². The lowest BCUT2D eigenvalue weighted by Gasteiger charge is -2.23. The lowest BCUT2D eigenvalue weighted by atomic mass is 9.97. The minimum absolute atomic E-state index is 0.117. The summed E-state index contributed by atoms with van der Waals surface area (Å²) in [5, 5.41) is -0.338. The van der Waals surface area contributed by atoms with Crippen LogP contribution in [0.4, 0.5) is 0 Å². The summed E-state index contributed by atoms with van der Waals surface area (Å²) < 4.78 is 30.3. The zero-order valence-corrected chi connectivity index (χ0v) is 17.9. The summed E-state index contributed by atoms with van der Waals surface area (Å²) in [4.78, 5) is 0. The van der Waals surface area contributed by atoms with Gasteiger partial charge in [0.2, 0.25) is 0 Å². The van der Waals surface area contributed by atoms with Crippen LogP contribution in [0.2, 0.25) is 0 Å². The number of benzene rings is 2. The first-order valence-electron chi connectivity index (χ1n) is 10.5. The van der Waals surface area contributed by atoms with E-state index in [0.29, 0.717) is 6.10 Å². The SMILES string of the molecule is CC(C)S(=O)(=O)Cc1ccc(CCc2cccc(OC3CCCCC3)c2)cc1. The molecule has 2 aromatic rings. The molecular weight excluding hydrogens is 368 g/mol. The average Bonchev–Trinajstić information content (AvgIpc) is 2.68. The maximum Gasteiger partial charge on any atom is 0.156 e. The zero-order valence-electron chi connectivity index (χ0n) is 17.1. The van der Waals surface area contributed by atoms with Crippen LogP contribution in [0.1, 0.15) is 62.6 Å². The van der Waals surface area contributed by atoms with E-state index in [1.54, 1.807) is 13.8 Å². The normalized spacial score (nSPS) is 15.7. The minimum atomic E-state index is -3.05. The van der Waals surface area contributed by atoms with Crippen LogP contribution in [0.5, 0.6) is 5.75 Å². The quantitative estimate of drug-likeness (QED) is 0.587. The summed E-state index contributed by atoms with van der Waals surface area (Å²) in [6, 6.07) is 16.4. The third-order valence-corrected chi connectivity index (χ3v) is 7.74. The van der Waals surface area contributed by atoms with Crippen LogP contribution in [-0.2, 0) is 28.4 Å². The molecule has 0 spiro atoms. The van der Waals surface area contributed by atoms with Crippen molar-refractivity contribution in [3.8, 4) is 5.75 Å². The molecule has 0 N–H and O–H groups in total. The third kappa shape index (κ3) is 6.10. The van der Waals surface area contributed by atoms with Gasteiger partial charge in [-0.1, -0.05) is 42.8 Å². The van der Waals surface area contributed by atoms with E-state index in [1.165, 1.54) is 43.2 Å². The van der Waals surface area contributed by atoms with E-state index >= 15 is 0 Å². The van der Waals surface area contributed by atoms with E-state index in [-0.39, 0.29) is 11.0 Å². The first kappa shape index (κ1) is 20.9. The Labute approximate surface area is 170 Å². The fourth-order valence-corrected chi connectivity index (χ4v) is 4.63. The summed E-state index contributed by atoms with van der Waals surface area (Å²) in [6.45, 7) is 3.46. The zero-order chi connectivity index (χ0) is 20.0. The highest BCUT2D eigenvalue weighted by atomic mass is 32.2. The Morgan fingerprint density at radius 3 is 2.21 bits per heavy atom. The largest absolute Gasteiger partial charge is 0.490 e. The predicted octanol–water partition coefficient (Wildman–Crippen LogP) is 5.51. The predicted molar refractivity (Wildman–Crippen MR) is 116 cm³/mol. The van der Waals surface area contributed by atoms with Crippen LogP contribution in [0, 0.1) is 0 Å². The molecule has 1 aliphatic rings. The topological polar surface area (TPSA) is 43.4 Å². The second-order valence-electron chi connectivity index (χ2n) is 8.20. The number of aryl methyl sites for hydroxylation is 2. The van der Waals surface area contributed by atoms with Crippen LogP contribution in [0.15, 0.2) is 48.5 Å². The van der Waals surface area contributed by atoms with Gasteiger partial charge in [-0.05, 0) is 81.2 Å². The Hall–Kier alpha value is -1.81. The minimum Gasteiger partial charge on any atom is -0.490 e. The summed E-state index contributed by atoms with van der Waals surface area (Å²) >= 11 is 0. The van der Waals surface area contributed by atoms with Crippen LogP contribution >= 0.6 is 0 Å². The fraction of sp³-hybridized carbons (Fsp3) is 0.500. The highest BCUT2D eigenvalue weighted by Gasteiger charge is 2.17. The van der Waals surface area contributed by atoms with E-state index in [1.807, 2.05) is 24.3 Å². The van der Waals surface area contributed by atoms with Crippen molar-refractivity contribution in [3.05, 3.63) is 65.2 Å². The number of hydrogen-bond donors (Lipinski definition) is 0. The highest BCUT2D eigenvalue weighted by Crippen LogP contribution is 2.24. The Kier molecular flexibility index (Phi) is 7.17. The van der Waals surface area contributed by atoms with Gasteiger partial charge >= 0.3 is 0 Å². The van der Waals surface area contributed by atoms with Crippen LogP contribution < -0.4 is 4.74 Å². The Balaban J connectivity index is 1.54. The van der Waals surface area contributed by atoms with E-state index in [4.69, 9.17) is 4.74 Å². The van der Waals surface area contributed by atoms with Gasteiger partial charge in [0.05, 0.1) is 17.1 Å². The molecule has 1 fully saturated rings. The van der Waals surface area contributed by atoms with Gasteiger partial charge in [-0.15, -0.1) is 0 Å². The second-order valence-corrected chi connectivity index (χ2v) is 10.8. The van der Waals surface area contributed by atoms with Gasteiger partial charge in [0.25, 0.3) is 0 Å². The van der Waals surface area contributed by atoms with Gasteiger partial charge in [0.15, 0.2) is 9.84 Å².